The second-order valence-electron chi connectivity index (χ2n) is 6.35. The van der Waals surface area contributed by atoms with Gasteiger partial charge < -0.3 is 39.4 Å². The van der Waals surface area contributed by atoms with Gasteiger partial charge in [0.1, 0.15) is 47.3 Å². The first kappa shape index (κ1) is 18.0. The molecular formula is C18H19NO8. The molecule has 3 heterocycles. The number of aliphatic hydroxyl groups excluding tert-OH is 4. The third-order valence-electron chi connectivity index (χ3n) is 4.46. The predicted molar refractivity (Wildman–Crippen MR) is 91.7 cm³/mol. The number of allylic oxidation sites excluding steroid dienone is 1. The standard InChI is InChI=1S/C18H19NO8/c1-8-2-4-11-17(24-8)26-12-6-9(3-5-10(12)19-11)25-18-16(23)15(22)14(21)13(7-20)27-18/h2-6,13-18,20-23H,1,7H2. The highest BCUT2D eigenvalue weighted by Crippen LogP contribution is 2.38. The molecule has 4 N–H and O–H groups in total. The predicted octanol–water partition coefficient (Wildman–Crippen LogP) is -0.244. The van der Waals surface area contributed by atoms with Gasteiger partial charge in [-0.15, -0.1) is 0 Å². The molecule has 1 aromatic carbocycles. The van der Waals surface area contributed by atoms with E-state index in [-0.39, 0.29) is 5.75 Å². The lowest BCUT2D eigenvalue weighted by molar-refractivity contribution is -0.277. The van der Waals surface area contributed by atoms with Crippen molar-refractivity contribution in [3.63, 3.8) is 0 Å². The first-order valence-electron chi connectivity index (χ1n) is 8.36. The minimum absolute atomic E-state index is 0.280. The second-order valence-corrected chi connectivity index (χ2v) is 6.35. The van der Waals surface area contributed by atoms with Crippen LogP contribution >= 0.6 is 0 Å². The number of hydrogen-bond acceptors (Lipinski definition) is 9. The summed E-state index contributed by atoms with van der Waals surface area (Å²) < 4.78 is 22.2. The van der Waals surface area contributed by atoms with E-state index in [9.17, 15) is 20.4 Å². The Morgan fingerprint density at radius 2 is 1.89 bits per heavy atom. The zero-order valence-electron chi connectivity index (χ0n) is 14.1. The molecule has 144 valence electrons. The van der Waals surface area contributed by atoms with E-state index in [1.165, 1.54) is 0 Å². The van der Waals surface area contributed by atoms with E-state index in [4.69, 9.17) is 18.9 Å². The van der Waals surface area contributed by atoms with E-state index in [2.05, 4.69) is 11.6 Å². The van der Waals surface area contributed by atoms with Crippen LogP contribution < -0.4 is 9.47 Å². The minimum atomic E-state index is -1.52. The third-order valence-corrected chi connectivity index (χ3v) is 4.46. The van der Waals surface area contributed by atoms with Crippen molar-refractivity contribution in [2.45, 2.75) is 37.0 Å². The average Bonchev–Trinajstić information content (AvgIpc) is 2.66. The number of benzene rings is 1. The van der Waals surface area contributed by atoms with Crippen LogP contribution in [-0.2, 0) is 9.47 Å². The van der Waals surface area contributed by atoms with Gasteiger partial charge in [0, 0.05) is 6.07 Å². The van der Waals surface area contributed by atoms with Crippen LogP contribution in [-0.4, -0.2) is 69.7 Å². The van der Waals surface area contributed by atoms with Gasteiger partial charge in [0.05, 0.1) is 6.61 Å². The molecule has 3 aliphatic rings. The molecule has 6 atom stereocenters. The third kappa shape index (κ3) is 3.31. The Morgan fingerprint density at radius 1 is 1.07 bits per heavy atom. The van der Waals surface area contributed by atoms with E-state index < -0.39 is 43.6 Å². The number of hydrogen-bond donors (Lipinski definition) is 4. The SMILES string of the molecule is C=C1C=CC2=Nc3ccc(OC4OC(CO)C(O)C(O)C4O)cc3OC2O1. The summed E-state index contributed by atoms with van der Waals surface area (Å²) in [6, 6.07) is 4.80. The molecule has 1 saturated heterocycles. The molecule has 0 radical (unpaired) electrons. The molecule has 0 saturated carbocycles. The van der Waals surface area contributed by atoms with Gasteiger partial charge in [0.25, 0.3) is 6.29 Å². The van der Waals surface area contributed by atoms with Crippen molar-refractivity contribution in [2.24, 2.45) is 4.99 Å². The summed E-state index contributed by atoms with van der Waals surface area (Å²) in [6.45, 7) is 3.18. The van der Waals surface area contributed by atoms with Crippen molar-refractivity contribution in [2.75, 3.05) is 6.61 Å². The highest BCUT2D eigenvalue weighted by atomic mass is 16.7. The van der Waals surface area contributed by atoms with E-state index in [0.29, 0.717) is 22.9 Å². The fourth-order valence-corrected chi connectivity index (χ4v) is 2.98. The summed E-state index contributed by atoms with van der Waals surface area (Å²) in [4.78, 5) is 4.45. The molecule has 0 aromatic heterocycles. The monoisotopic (exact) mass is 377 g/mol. The molecule has 0 amide bonds. The molecule has 0 bridgehead atoms. The van der Waals surface area contributed by atoms with Gasteiger partial charge in [-0.05, 0) is 24.3 Å². The van der Waals surface area contributed by atoms with Crippen LogP contribution in [0.2, 0.25) is 0 Å². The summed E-state index contributed by atoms with van der Waals surface area (Å²) in [7, 11) is 0. The van der Waals surface area contributed by atoms with Crippen LogP contribution in [0.1, 0.15) is 0 Å². The number of fused-ring (bicyclic) bond motifs is 2. The van der Waals surface area contributed by atoms with E-state index in [1.54, 1.807) is 30.4 Å². The van der Waals surface area contributed by atoms with Crippen LogP contribution in [0.25, 0.3) is 0 Å². The van der Waals surface area contributed by atoms with Gasteiger partial charge >= 0.3 is 0 Å². The molecule has 1 aromatic rings. The lowest BCUT2D eigenvalue weighted by Gasteiger charge is -2.39. The largest absolute Gasteiger partial charge is 0.462 e. The number of rotatable bonds is 3. The van der Waals surface area contributed by atoms with Crippen LogP contribution in [0.3, 0.4) is 0 Å². The molecule has 6 unspecified atom stereocenters. The van der Waals surface area contributed by atoms with Gasteiger partial charge in [-0.3, -0.25) is 0 Å². The normalized spacial score (nSPS) is 34.7. The number of aliphatic hydroxyl groups is 4. The summed E-state index contributed by atoms with van der Waals surface area (Å²) in [5.41, 5.74) is 1.18. The fraction of sp³-hybridized carbons (Fsp3) is 0.389. The number of nitrogens with zero attached hydrogens (tertiary/aromatic N) is 1. The molecule has 27 heavy (non-hydrogen) atoms. The Balaban J connectivity index is 1.54. The second kappa shape index (κ2) is 6.95. The van der Waals surface area contributed by atoms with E-state index >= 15 is 0 Å². The van der Waals surface area contributed by atoms with Crippen LogP contribution in [0, 0.1) is 0 Å². The van der Waals surface area contributed by atoms with Crippen molar-refractivity contribution >= 4 is 11.4 Å². The molecule has 0 aliphatic carbocycles. The maximum absolute atomic E-state index is 10.1. The average molecular weight is 377 g/mol. The van der Waals surface area contributed by atoms with E-state index in [0.717, 1.165) is 0 Å². The number of ether oxygens (including phenoxy) is 4. The smallest absolute Gasteiger partial charge is 0.284 e. The molecular weight excluding hydrogens is 358 g/mol. The molecule has 4 rings (SSSR count). The molecule has 3 aliphatic heterocycles. The lowest BCUT2D eigenvalue weighted by atomic mass is 9.99. The maximum atomic E-state index is 10.1. The Kier molecular flexibility index (Phi) is 4.62. The van der Waals surface area contributed by atoms with Crippen molar-refractivity contribution in [3.8, 4) is 11.5 Å². The van der Waals surface area contributed by atoms with Crippen molar-refractivity contribution in [1.29, 1.82) is 0 Å². The first-order valence-corrected chi connectivity index (χ1v) is 8.36. The summed E-state index contributed by atoms with van der Waals surface area (Å²) in [5, 5.41) is 39.0. The van der Waals surface area contributed by atoms with Gasteiger partial charge in [0.2, 0.25) is 6.29 Å². The fourth-order valence-electron chi connectivity index (χ4n) is 2.98. The van der Waals surface area contributed by atoms with Gasteiger partial charge in [-0.2, -0.15) is 0 Å². The minimum Gasteiger partial charge on any atom is -0.462 e. The Hall–Kier alpha value is -2.43. The highest BCUT2D eigenvalue weighted by Gasteiger charge is 2.44. The quantitative estimate of drug-likeness (QED) is 0.568. The lowest BCUT2D eigenvalue weighted by Crippen LogP contribution is -2.60. The summed E-state index contributed by atoms with van der Waals surface area (Å²) >= 11 is 0. The molecule has 9 heteroatoms. The van der Waals surface area contributed by atoms with Crippen LogP contribution in [0.4, 0.5) is 5.69 Å². The Bertz CT molecular complexity index is 805. The Labute approximate surface area is 154 Å². The van der Waals surface area contributed by atoms with Gasteiger partial charge in [0.15, 0.2) is 5.75 Å². The molecule has 0 spiro atoms. The maximum Gasteiger partial charge on any atom is 0.284 e. The van der Waals surface area contributed by atoms with Gasteiger partial charge in [-0.25, -0.2) is 4.99 Å². The van der Waals surface area contributed by atoms with Crippen molar-refractivity contribution in [1.82, 2.24) is 0 Å². The first-order chi connectivity index (χ1) is 13.0. The van der Waals surface area contributed by atoms with Crippen LogP contribution in [0.5, 0.6) is 11.5 Å². The summed E-state index contributed by atoms with van der Waals surface area (Å²) in [6.07, 6.45) is -4.06. The molecule has 1 fully saturated rings. The summed E-state index contributed by atoms with van der Waals surface area (Å²) in [5.74, 6) is 1.13. The highest BCUT2D eigenvalue weighted by molar-refractivity contribution is 6.02. The van der Waals surface area contributed by atoms with Crippen molar-refractivity contribution < 1.29 is 39.4 Å². The van der Waals surface area contributed by atoms with Crippen molar-refractivity contribution in [3.05, 3.63) is 42.7 Å². The topological polar surface area (TPSA) is 130 Å². The Morgan fingerprint density at radius 3 is 2.67 bits per heavy atom. The van der Waals surface area contributed by atoms with Gasteiger partial charge in [-0.1, -0.05) is 6.58 Å². The number of aliphatic imine (C=N–C) groups is 1. The van der Waals surface area contributed by atoms with Crippen LogP contribution in [0.15, 0.2) is 47.7 Å². The van der Waals surface area contributed by atoms with E-state index in [1.807, 2.05) is 0 Å². The zero-order valence-corrected chi connectivity index (χ0v) is 14.1. The molecule has 9 nitrogen and oxygen atoms in total. The zero-order chi connectivity index (χ0) is 19.1.